The minimum absolute atomic E-state index is 0.0372. The summed E-state index contributed by atoms with van der Waals surface area (Å²) in [5.74, 6) is 0.528. The van der Waals surface area contributed by atoms with Crippen LogP contribution in [0.15, 0.2) is 48.5 Å². The summed E-state index contributed by atoms with van der Waals surface area (Å²) in [4.78, 5) is 26.7. The van der Waals surface area contributed by atoms with E-state index in [1.54, 1.807) is 30.0 Å². The van der Waals surface area contributed by atoms with Crippen LogP contribution in [-0.2, 0) is 20.7 Å². The highest BCUT2D eigenvalue weighted by Gasteiger charge is 2.34. The Bertz CT molecular complexity index is 952. The Morgan fingerprint density at radius 3 is 2.82 bits per heavy atom. The average Bonchev–Trinajstić information content (AvgIpc) is 3.28. The van der Waals surface area contributed by atoms with Crippen molar-refractivity contribution < 1.29 is 23.8 Å². The topological polar surface area (TPSA) is 65.1 Å². The number of amides is 1. The largest absolute Gasteiger partial charge is 0.454 e. The predicted octanol–water partition coefficient (Wildman–Crippen LogP) is 3.34. The molecular formula is C22H21NO5. The minimum atomic E-state index is -0.873. The molecule has 2 aromatic rings. The fraction of sp³-hybridized carbons (Fsp3) is 0.273. The number of ether oxygens (including phenoxy) is 3. The van der Waals surface area contributed by atoms with E-state index in [0.29, 0.717) is 11.5 Å². The van der Waals surface area contributed by atoms with Crippen molar-refractivity contribution in [2.75, 3.05) is 11.7 Å². The molecule has 0 spiro atoms. The maximum atomic E-state index is 12.9. The number of carbonyl (C=O) groups excluding carboxylic acids is 2. The standard InChI is InChI=1S/C22H21NO5/c1-14-11-17-5-3-4-6-18(17)23(14)22(25)15(2)28-21(24)10-8-16-7-9-19-20(12-16)27-13-26-19/h3-10,12,14-15H,11,13H2,1-2H3/b10-8+/t14-,15-/m1/s1. The van der Waals surface area contributed by atoms with Crippen molar-refractivity contribution in [1.82, 2.24) is 0 Å². The van der Waals surface area contributed by atoms with E-state index in [1.807, 2.05) is 37.3 Å². The summed E-state index contributed by atoms with van der Waals surface area (Å²) in [6.07, 6.45) is 2.85. The van der Waals surface area contributed by atoms with Crippen LogP contribution >= 0.6 is 0 Å². The van der Waals surface area contributed by atoms with Gasteiger partial charge in [0.1, 0.15) is 0 Å². The number of hydrogen-bond acceptors (Lipinski definition) is 5. The zero-order valence-corrected chi connectivity index (χ0v) is 15.8. The molecule has 2 atom stereocenters. The Labute approximate surface area is 163 Å². The average molecular weight is 379 g/mol. The van der Waals surface area contributed by atoms with Crippen molar-refractivity contribution in [3.8, 4) is 11.5 Å². The minimum Gasteiger partial charge on any atom is -0.454 e. The molecule has 0 aliphatic carbocycles. The third-order valence-corrected chi connectivity index (χ3v) is 4.89. The maximum Gasteiger partial charge on any atom is 0.331 e. The Morgan fingerprint density at radius 2 is 1.96 bits per heavy atom. The maximum absolute atomic E-state index is 12.9. The van der Waals surface area contributed by atoms with E-state index in [9.17, 15) is 9.59 Å². The molecule has 0 saturated heterocycles. The van der Waals surface area contributed by atoms with Crippen LogP contribution in [0.4, 0.5) is 5.69 Å². The number of rotatable bonds is 4. The lowest BCUT2D eigenvalue weighted by molar-refractivity contribution is -0.149. The summed E-state index contributed by atoms with van der Waals surface area (Å²) in [5, 5.41) is 0. The molecule has 144 valence electrons. The van der Waals surface area contributed by atoms with Gasteiger partial charge in [-0.3, -0.25) is 4.79 Å². The summed E-state index contributed by atoms with van der Waals surface area (Å²) in [5.41, 5.74) is 2.80. The van der Waals surface area contributed by atoms with Gasteiger partial charge in [-0.2, -0.15) is 0 Å². The summed E-state index contributed by atoms with van der Waals surface area (Å²) in [7, 11) is 0. The van der Waals surface area contributed by atoms with Gasteiger partial charge in [0, 0.05) is 17.8 Å². The van der Waals surface area contributed by atoms with Crippen molar-refractivity contribution >= 4 is 23.6 Å². The van der Waals surface area contributed by atoms with Crippen LogP contribution < -0.4 is 14.4 Å². The monoisotopic (exact) mass is 379 g/mol. The van der Waals surface area contributed by atoms with Crippen molar-refractivity contribution in [3.05, 3.63) is 59.7 Å². The zero-order valence-electron chi connectivity index (χ0n) is 15.8. The molecule has 0 bridgehead atoms. The van der Waals surface area contributed by atoms with Crippen LogP contribution in [-0.4, -0.2) is 30.8 Å². The molecule has 2 aromatic carbocycles. The van der Waals surface area contributed by atoms with Gasteiger partial charge in [0.25, 0.3) is 5.91 Å². The van der Waals surface area contributed by atoms with Crippen molar-refractivity contribution in [1.29, 1.82) is 0 Å². The van der Waals surface area contributed by atoms with Gasteiger partial charge in [0.2, 0.25) is 6.79 Å². The van der Waals surface area contributed by atoms with Gasteiger partial charge in [-0.15, -0.1) is 0 Å². The number of nitrogens with zero attached hydrogens (tertiary/aromatic N) is 1. The number of esters is 1. The number of hydrogen-bond donors (Lipinski definition) is 0. The van der Waals surface area contributed by atoms with Gasteiger partial charge in [-0.1, -0.05) is 24.3 Å². The third kappa shape index (κ3) is 3.45. The van der Waals surface area contributed by atoms with E-state index >= 15 is 0 Å². The molecule has 0 fully saturated rings. The summed E-state index contributed by atoms with van der Waals surface area (Å²) in [6.45, 7) is 3.79. The number of fused-ring (bicyclic) bond motifs is 2. The summed E-state index contributed by atoms with van der Waals surface area (Å²) < 4.78 is 15.9. The van der Waals surface area contributed by atoms with Crippen LogP contribution in [0.2, 0.25) is 0 Å². The van der Waals surface area contributed by atoms with Crippen LogP contribution in [0.25, 0.3) is 6.08 Å². The van der Waals surface area contributed by atoms with E-state index in [4.69, 9.17) is 14.2 Å². The molecule has 2 aliphatic rings. The first-order valence-corrected chi connectivity index (χ1v) is 9.22. The lowest BCUT2D eigenvalue weighted by Gasteiger charge is -2.25. The van der Waals surface area contributed by atoms with Crippen LogP contribution in [0.3, 0.4) is 0 Å². The second kappa shape index (κ2) is 7.38. The molecule has 0 N–H and O–H groups in total. The van der Waals surface area contributed by atoms with E-state index in [1.165, 1.54) is 6.08 Å². The van der Waals surface area contributed by atoms with Gasteiger partial charge >= 0.3 is 5.97 Å². The van der Waals surface area contributed by atoms with Gasteiger partial charge < -0.3 is 19.1 Å². The van der Waals surface area contributed by atoms with Crippen LogP contribution in [0, 0.1) is 0 Å². The Hall–Kier alpha value is -3.28. The van der Waals surface area contributed by atoms with E-state index in [0.717, 1.165) is 23.2 Å². The SMILES string of the molecule is C[C@@H]1Cc2ccccc2N1C(=O)[C@@H](C)OC(=O)/C=C/c1ccc2c(c1)OCO2. The molecule has 0 radical (unpaired) electrons. The van der Waals surface area contributed by atoms with Gasteiger partial charge in [-0.25, -0.2) is 4.79 Å². The van der Waals surface area contributed by atoms with Gasteiger partial charge in [-0.05, 0) is 55.7 Å². The van der Waals surface area contributed by atoms with Gasteiger partial charge in [0.15, 0.2) is 17.6 Å². The Balaban J connectivity index is 1.40. The Morgan fingerprint density at radius 1 is 1.18 bits per heavy atom. The molecular weight excluding hydrogens is 358 g/mol. The molecule has 2 heterocycles. The normalized spacial score (nSPS) is 18.2. The molecule has 4 rings (SSSR count). The molecule has 0 saturated carbocycles. The number of carbonyl (C=O) groups is 2. The molecule has 28 heavy (non-hydrogen) atoms. The first-order chi connectivity index (χ1) is 13.5. The van der Waals surface area contributed by atoms with E-state index in [2.05, 4.69) is 0 Å². The highest BCUT2D eigenvalue weighted by atomic mass is 16.7. The van der Waals surface area contributed by atoms with E-state index < -0.39 is 12.1 Å². The van der Waals surface area contributed by atoms with Crippen molar-refractivity contribution in [2.24, 2.45) is 0 Å². The fourth-order valence-corrected chi connectivity index (χ4v) is 3.54. The molecule has 0 aromatic heterocycles. The summed E-state index contributed by atoms with van der Waals surface area (Å²) >= 11 is 0. The zero-order chi connectivity index (χ0) is 19.7. The van der Waals surface area contributed by atoms with E-state index in [-0.39, 0.29) is 18.7 Å². The molecule has 6 nitrogen and oxygen atoms in total. The number of anilines is 1. The first kappa shape index (κ1) is 18.1. The number of para-hydroxylation sites is 1. The highest BCUT2D eigenvalue weighted by molar-refractivity contribution is 6.00. The molecule has 0 unspecified atom stereocenters. The summed E-state index contributed by atoms with van der Waals surface area (Å²) in [6, 6.07) is 13.2. The van der Waals surface area contributed by atoms with Crippen LogP contribution in [0.5, 0.6) is 11.5 Å². The molecule has 6 heteroatoms. The van der Waals surface area contributed by atoms with Crippen LogP contribution in [0.1, 0.15) is 25.0 Å². The fourth-order valence-electron chi connectivity index (χ4n) is 3.54. The lowest BCUT2D eigenvalue weighted by Crippen LogP contribution is -2.43. The quantitative estimate of drug-likeness (QED) is 0.602. The smallest absolute Gasteiger partial charge is 0.331 e. The van der Waals surface area contributed by atoms with Crippen molar-refractivity contribution in [2.45, 2.75) is 32.4 Å². The molecule has 2 aliphatic heterocycles. The highest BCUT2D eigenvalue weighted by Crippen LogP contribution is 2.33. The predicted molar refractivity (Wildman–Crippen MR) is 104 cm³/mol. The first-order valence-electron chi connectivity index (χ1n) is 9.22. The molecule has 1 amide bonds. The Kier molecular flexibility index (Phi) is 4.77. The number of benzene rings is 2. The lowest BCUT2D eigenvalue weighted by atomic mass is 10.1. The second-order valence-electron chi connectivity index (χ2n) is 6.92. The second-order valence-corrected chi connectivity index (χ2v) is 6.92. The van der Waals surface area contributed by atoms with Gasteiger partial charge in [0.05, 0.1) is 0 Å². The van der Waals surface area contributed by atoms with Crippen molar-refractivity contribution in [3.63, 3.8) is 0 Å². The third-order valence-electron chi connectivity index (χ3n) is 4.89.